The molecule has 1 aliphatic heterocycles. The van der Waals surface area contributed by atoms with E-state index >= 15 is 0 Å². The van der Waals surface area contributed by atoms with Crippen molar-refractivity contribution >= 4 is 11.6 Å². The molecule has 1 fully saturated rings. The summed E-state index contributed by atoms with van der Waals surface area (Å²) >= 11 is 0. The van der Waals surface area contributed by atoms with Gasteiger partial charge in [0.15, 0.2) is 0 Å². The number of nitrogens with zero attached hydrogens (tertiary/aromatic N) is 1. The van der Waals surface area contributed by atoms with Gasteiger partial charge in [-0.25, -0.2) is 4.39 Å². The van der Waals surface area contributed by atoms with Crippen LogP contribution in [0.25, 0.3) is 0 Å². The fraction of sp³-hybridized carbons (Fsp3) is 0.500. The normalized spacial score (nSPS) is 16.6. The van der Waals surface area contributed by atoms with E-state index in [9.17, 15) is 9.18 Å². The predicted molar refractivity (Wildman–Crippen MR) is 73.0 cm³/mol. The highest BCUT2D eigenvalue weighted by atomic mass is 19.1. The van der Waals surface area contributed by atoms with Gasteiger partial charge in [-0.1, -0.05) is 6.07 Å². The average Bonchev–Trinajstić information content (AvgIpc) is 2.39. The monoisotopic (exact) mass is 265 g/mol. The number of carbonyl (C=O) groups excluding carboxylic acids is 1. The summed E-state index contributed by atoms with van der Waals surface area (Å²) in [4.78, 5) is 12.9. The third-order valence-corrected chi connectivity index (χ3v) is 3.69. The van der Waals surface area contributed by atoms with Crippen LogP contribution in [0.3, 0.4) is 0 Å². The second kappa shape index (κ2) is 6.02. The molecule has 5 heteroatoms. The summed E-state index contributed by atoms with van der Waals surface area (Å²) in [5, 5.41) is 0. The number of amides is 1. The minimum Gasteiger partial charge on any atom is -0.370 e. The number of piperidine rings is 1. The van der Waals surface area contributed by atoms with E-state index in [0.29, 0.717) is 24.6 Å². The van der Waals surface area contributed by atoms with Gasteiger partial charge in [0.2, 0.25) is 5.91 Å². The van der Waals surface area contributed by atoms with Crippen molar-refractivity contribution in [2.24, 2.45) is 17.4 Å². The molecule has 1 saturated heterocycles. The Labute approximate surface area is 112 Å². The second-order valence-corrected chi connectivity index (χ2v) is 5.09. The van der Waals surface area contributed by atoms with Crippen molar-refractivity contribution in [1.82, 2.24) is 0 Å². The Bertz CT molecular complexity index is 456. The molecule has 4 N–H and O–H groups in total. The number of halogens is 1. The van der Waals surface area contributed by atoms with Gasteiger partial charge in [0.25, 0.3) is 0 Å². The highest BCUT2D eigenvalue weighted by Gasteiger charge is 2.22. The maximum Gasteiger partial charge on any atom is 0.217 e. The first-order valence-corrected chi connectivity index (χ1v) is 6.62. The van der Waals surface area contributed by atoms with Crippen LogP contribution < -0.4 is 16.4 Å². The van der Waals surface area contributed by atoms with Gasteiger partial charge in [-0.2, -0.15) is 0 Å². The number of nitrogens with two attached hydrogens (primary N) is 2. The molecular formula is C14H20FN3O. The van der Waals surface area contributed by atoms with Crippen LogP contribution in [0.2, 0.25) is 0 Å². The van der Waals surface area contributed by atoms with Crippen LogP contribution in [0.1, 0.15) is 24.8 Å². The molecule has 0 saturated carbocycles. The first-order chi connectivity index (χ1) is 9.10. The van der Waals surface area contributed by atoms with Crippen LogP contribution in [0.15, 0.2) is 18.2 Å². The Morgan fingerprint density at radius 1 is 1.37 bits per heavy atom. The number of anilines is 1. The van der Waals surface area contributed by atoms with E-state index in [0.717, 1.165) is 31.5 Å². The molecule has 0 atom stereocenters. The number of carbonyl (C=O) groups is 1. The Morgan fingerprint density at radius 3 is 2.58 bits per heavy atom. The lowest BCUT2D eigenvalue weighted by Gasteiger charge is -2.33. The van der Waals surface area contributed by atoms with E-state index in [1.807, 2.05) is 11.0 Å². The Balaban J connectivity index is 1.99. The molecule has 1 aromatic rings. The van der Waals surface area contributed by atoms with Gasteiger partial charge in [0, 0.05) is 26.1 Å². The lowest BCUT2D eigenvalue weighted by molar-refractivity contribution is -0.119. The zero-order chi connectivity index (χ0) is 13.8. The second-order valence-electron chi connectivity index (χ2n) is 5.09. The molecule has 0 aromatic heterocycles. The topological polar surface area (TPSA) is 72.3 Å². The Kier molecular flexibility index (Phi) is 4.37. The lowest BCUT2D eigenvalue weighted by Crippen LogP contribution is -2.35. The van der Waals surface area contributed by atoms with Crippen LogP contribution in [0.5, 0.6) is 0 Å². The van der Waals surface area contributed by atoms with E-state index < -0.39 is 0 Å². The fourth-order valence-electron chi connectivity index (χ4n) is 2.60. The molecular weight excluding hydrogens is 245 g/mol. The van der Waals surface area contributed by atoms with Crippen LogP contribution in [0.4, 0.5) is 10.1 Å². The van der Waals surface area contributed by atoms with Crippen LogP contribution in [-0.4, -0.2) is 19.0 Å². The summed E-state index contributed by atoms with van der Waals surface area (Å²) in [7, 11) is 0. The predicted octanol–water partition coefficient (Wildman–Crippen LogP) is 1.38. The zero-order valence-corrected chi connectivity index (χ0v) is 10.9. The molecule has 1 aliphatic rings. The number of hydrogen-bond acceptors (Lipinski definition) is 3. The van der Waals surface area contributed by atoms with Crippen molar-refractivity contribution in [2.45, 2.75) is 25.8 Å². The van der Waals surface area contributed by atoms with Gasteiger partial charge in [0.1, 0.15) is 5.82 Å². The molecule has 1 aromatic carbocycles. The van der Waals surface area contributed by atoms with E-state index in [1.54, 1.807) is 6.07 Å². The summed E-state index contributed by atoms with van der Waals surface area (Å²) in [6.07, 6.45) is 2.18. The summed E-state index contributed by atoms with van der Waals surface area (Å²) < 4.78 is 14.0. The third kappa shape index (κ3) is 3.44. The molecule has 0 spiro atoms. The molecule has 0 radical (unpaired) electrons. The SMILES string of the molecule is NCc1ccc(N2CCC(CC(N)=O)CC2)c(F)c1. The smallest absolute Gasteiger partial charge is 0.217 e. The third-order valence-electron chi connectivity index (χ3n) is 3.69. The molecule has 1 heterocycles. The molecule has 4 nitrogen and oxygen atoms in total. The summed E-state index contributed by atoms with van der Waals surface area (Å²) in [6, 6.07) is 5.13. The van der Waals surface area contributed by atoms with Gasteiger partial charge in [-0.3, -0.25) is 4.79 Å². The van der Waals surface area contributed by atoms with E-state index in [-0.39, 0.29) is 11.7 Å². The maximum absolute atomic E-state index is 14.0. The van der Waals surface area contributed by atoms with Gasteiger partial charge in [-0.05, 0) is 36.5 Å². The first-order valence-electron chi connectivity index (χ1n) is 6.62. The van der Waals surface area contributed by atoms with Crippen LogP contribution in [0, 0.1) is 11.7 Å². The summed E-state index contributed by atoms with van der Waals surface area (Å²) in [5.41, 5.74) is 12.1. The molecule has 2 rings (SSSR count). The number of benzene rings is 1. The van der Waals surface area contributed by atoms with Gasteiger partial charge < -0.3 is 16.4 Å². The number of hydrogen-bond donors (Lipinski definition) is 2. The molecule has 0 bridgehead atoms. The van der Waals surface area contributed by atoms with E-state index in [4.69, 9.17) is 11.5 Å². The number of rotatable bonds is 4. The highest BCUT2D eigenvalue weighted by Crippen LogP contribution is 2.27. The maximum atomic E-state index is 14.0. The zero-order valence-electron chi connectivity index (χ0n) is 10.9. The minimum absolute atomic E-state index is 0.226. The van der Waals surface area contributed by atoms with Crippen molar-refractivity contribution in [3.8, 4) is 0 Å². The lowest BCUT2D eigenvalue weighted by atomic mass is 9.93. The first kappa shape index (κ1) is 13.8. The Hall–Kier alpha value is -1.62. The highest BCUT2D eigenvalue weighted by molar-refractivity contribution is 5.74. The summed E-state index contributed by atoms with van der Waals surface area (Å²) in [6.45, 7) is 1.87. The van der Waals surface area contributed by atoms with Crippen molar-refractivity contribution < 1.29 is 9.18 Å². The standard InChI is InChI=1S/C14H20FN3O/c15-12-7-11(9-16)1-2-13(12)18-5-3-10(4-6-18)8-14(17)19/h1-2,7,10H,3-6,8-9,16H2,(H2,17,19). The Morgan fingerprint density at radius 2 is 2.05 bits per heavy atom. The van der Waals surface area contributed by atoms with Crippen molar-refractivity contribution in [2.75, 3.05) is 18.0 Å². The fourth-order valence-corrected chi connectivity index (χ4v) is 2.60. The van der Waals surface area contributed by atoms with E-state index in [1.165, 1.54) is 6.07 Å². The molecule has 19 heavy (non-hydrogen) atoms. The van der Waals surface area contributed by atoms with Gasteiger partial charge in [-0.15, -0.1) is 0 Å². The van der Waals surface area contributed by atoms with E-state index in [2.05, 4.69) is 0 Å². The molecule has 104 valence electrons. The van der Waals surface area contributed by atoms with Gasteiger partial charge in [0.05, 0.1) is 5.69 Å². The largest absolute Gasteiger partial charge is 0.370 e. The quantitative estimate of drug-likeness (QED) is 0.863. The van der Waals surface area contributed by atoms with Crippen molar-refractivity contribution in [1.29, 1.82) is 0 Å². The van der Waals surface area contributed by atoms with Crippen molar-refractivity contribution in [3.05, 3.63) is 29.6 Å². The summed E-state index contributed by atoms with van der Waals surface area (Å²) in [5.74, 6) is -0.145. The van der Waals surface area contributed by atoms with Crippen molar-refractivity contribution in [3.63, 3.8) is 0 Å². The van der Waals surface area contributed by atoms with Crippen LogP contribution >= 0.6 is 0 Å². The minimum atomic E-state index is -0.253. The number of primary amides is 1. The molecule has 0 unspecified atom stereocenters. The van der Waals surface area contributed by atoms with Gasteiger partial charge >= 0.3 is 0 Å². The molecule has 1 amide bonds. The average molecular weight is 265 g/mol. The molecule has 0 aliphatic carbocycles. The van der Waals surface area contributed by atoms with Crippen LogP contribution in [-0.2, 0) is 11.3 Å².